The quantitative estimate of drug-likeness (QED) is 0.645. The Morgan fingerprint density at radius 2 is 1.79 bits per heavy atom. The predicted octanol–water partition coefficient (Wildman–Crippen LogP) is 3.54. The van der Waals surface area contributed by atoms with Crippen LogP contribution >= 0.6 is 0 Å². The van der Waals surface area contributed by atoms with Crippen molar-refractivity contribution in [2.75, 3.05) is 6.54 Å². The zero-order valence-corrected chi connectivity index (χ0v) is 9.33. The van der Waals surface area contributed by atoms with Crippen LogP contribution in [0.15, 0.2) is 35.3 Å². The fourth-order valence-electron chi connectivity index (χ4n) is 1.11. The lowest BCUT2D eigenvalue weighted by Crippen LogP contribution is -2.06. The molecule has 0 N–H and O–H groups in total. The molecular weight excluding hydrogens is 170 g/mol. The van der Waals surface area contributed by atoms with Crippen molar-refractivity contribution in [2.45, 2.75) is 27.2 Å². The van der Waals surface area contributed by atoms with Gasteiger partial charge in [-0.3, -0.25) is 4.99 Å². The molecule has 0 aliphatic rings. The summed E-state index contributed by atoms with van der Waals surface area (Å²) in [6, 6.07) is 10.2. The molecule has 0 atom stereocenters. The van der Waals surface area contributed by atoms with E-state index in [-0.39, 0.29) is 0 Å². The highest BCUT2D eigenvalue weighted by Gasteiger charge is 2.07. The second kappa shape index (κ2) is 4.94. The Labute approximate surface area is 86.9 Å². The molecule has 0 radical (unpaired) electrons. The van der Waals surface area contributed by atoms with Crippen molar-refractivity contribution in [1.82, 2.24) is 0 Å². The molecule has 0 aliphatic carbocycles. The maximum absolute atomic E-state index is 4.40. The molecule has 0 saturated heterocycles. The summed E-state index contributed by atoms with van der Waals surface area (Å²) in [7, 11) is 0. The predicted molar refractivity (Wildman–Crippen MR) is 63.0 cm³/mol. The number of hydrogen-bond donors (Lipinski definition) is 0. The number of benzene rings is 1. The van der Waals surface area contributed by atoms with Crippen molar-refractivity contribution in [3.8, 4) is 0 Å². The van der Waals surface area contributed by atoms with Gasteiger partial charge in [0.05, 0.1) is 0 Å². The Bertz CT molecular complexity index is 280. The van der Waals surface area contributed by atoms with Crippen LogP contribution in [0.1, 0.15) is 32.8 Å². The summed E-state index contributed by atoms with van der Waals surface area (Å²) in [5.41, 5.74) is 1.56. The van der Waals surface area contributed by atoms with Crippen LogP contribution in [-0.4, -0.2) is 12.8 Å². The minimum Gasteiger partial charge on any atom is -0.293 e. The van der Waals surface area contributed by atoms with Gasteiger partial charge in [0.25, 0.3) is 0 Å². The molecule has 14 heavy (non-hydrogen) atoms. The zero-order chi connectivity index (χ0) is 10.4. The summed E-state index contributed by atoms with van der Waals surface area (Å²) in [4.78, 5) is 4.40. The molecule has 1 aromatic carbocycles. The topological polar surface area (TPSA) is 12.4 Å². The number of hydrogen-bond acceptors (Lipinski definition) is 1. The minimum absolute atomic E-state index is 0.383. The highest BCUT2D eigenvalue weighted by molar-refractivity contribution is 5.79. The molecule has 1 rings (SSSR count). The van der Waals surface area contributed by atoms with Gasteiger partial charge in [0.2, 0.25) is 0 Å². The monoisotopic (exact) mass is 189 g/mol. The van der Waals surface area contributed by atoms with Gasteiger partial charge in [-0.05, 0) is 17.4 Å². The van der Waals surface area contributed by atoms with Gasteiger partial charge < -0.3 is 0 Å². The molecule has 0 saturated carbocycles. The van der Waals surface area contributed by atoms with Crippen LogP contribution in [0.4, 0.5) is 0 Å². The van der Waals surface area contributed by atoms with Crippen molar-refractivity contribution in [3.63, 3.8) is 0 Å². The van der Waals surface area contributed by atoms with Crippen LogP contribution in [0.25, 0.3) is 0 Å². The summed E-state index contributed by atoms with van der Waals surface area (Å²) in [5.74, 6) is 0. The maximum Gasteiger partial charge on any atom is 0.0394 e. The Hall–Kier alpha value is -1.11. The van der Waals surface area contributed by atoms with E-state index >= 15 is 0 Å². The van der Waals surface area contributed by atoms with Crippen molar-refractivity contribution < 1.29 is 0 Å². The van der Waals surface area contributed by atoms with Crippen LogP contribution in [0.2, 0.25) is 0 Å². The highest BCUT2D eigenvalue weighted by Crippen LogP contribution is 2.17. The van der Waals surface area contributed by atoms with Gasteiger partial charge >= 0.3 is 0 Å². The van der Waals surface area contributed by atoms with Crippen molar-refractivity contribution in [2.24, 2.45) is 10.4 Å². The SMILES string of the molecule is CC(C)(C)CCN=Cc1ccccc1. The van der Waals surface area contributed by atoms with Gasteiger partial charge in [-0.15, -0.1) is 0 Å². The van der Waals surface area contributed by atoms with Crippen LogP contribution in [0.3, 0.4) is 0 Å². The summed E-state index contributed by atoms with van der Waals surface area (Å²) < 4.78 is 0. The zero-order valence-electron chi connectivity index (χ0n) is 9.33. The van der Waals surface area contributed by atoms with Gasteiger partial charge in [-0.1, -0.05) is 51.1 Å². The van der Waals surface area contributed by atoms with Gasteiger partial charge in [0, 0.05) is 12.8 Å². The lowest BCUT2D eigenvalue weighted by atomic mass is 9.92. The van der Waals surface area contributed by atoms with Crippen molar-refractivity contribution >= 4 is 6.21 Å². The first-order valence-corrected chi connectivity index (χ1v) is 5.13. The normalized spacial score (nSPS) is 12.2. The van der Waals surface area contributed by atoms with E-state index in [0.29, 0.717) is 5.41 Å². The van der Waals surface area contributed by atoms with E-state index < -0.39 is 0 Å². The Balaban J connectivity index is 2.35. The Morgan fingerprint density at radius 3 is 2.36 bits per heavy atom. The number of aliphatic imine (C=N–C) groups is 1. The third kappa shape index (κ3) is 4.80. The highest BCUT2D eigenvalue weighted by atomic mass is 14.7. The Morgan fingerprint density at radius 1 is 1.14 bits per heavy atom. The molecule has 1 heteroatoms. The fourth-order valence-corrected chi connectivity index (χ4v) is 1.11. The molecule has 0 spiro atoms. The largest absolute Gasteiger partial charge is 0.293 e. The maximum atomic E-state index is 4.40. The van der Waals surface area contributed by atoms with E-state index in [4.69, 9.17) is 0 Å². The van der Waals surface area contributed by atoms with E-state index in [2.05, 4.69) is 37.9 Å². The smallest absolute Gasteiger partial charge is 0.0394 e. The van der Waals surface area contributed by atoms with Gasteiger partial charge in [0.15, 0.2) is 0 Å². The molecule has 0 heterocycles. The van der Waals surface area contributed by atoms with E-state index in [0.717, 1.165) is 13.0 Å². The third-order valence-electron chi connectivity index (χ3n) is 2.03. The molecule has 0 bridgehead atoms. The molecule has 0 aliphatic heterocycles. The minimum atomic E-state index is 0.383. The van der Waals surface area contributed by atoms with Gasteiger partial charge in [-0.25, -0.2) is 0 Å². The first kappa shape index (κ1) is 11.0. The molecule has 0 fully saturated rings. The summed E-state index contributed by atoms with van der Waals surface area (Å²) in [6.45, 7) is 7.64. The van der Waals surface area contributed by atoms with Crippen molar-refractivity contribution in [1.29, 1.82) is 0 Å². The van der Waals surface area contributed by atoms with Crippen LogP contribution in [0.5, 0.6) is 0 Å². The summed E-state index contributed by atoms with van der Waals surface area (Å²) in [6.07, 6.45) is 3.09. The molecule has 0 aromatic heterocycles. The molecule has 76 valence electrons. The van der Waals surface area contributed by atoms with E-state index in [1.165, 1.54) is 5.56 Å². The lowest BCUT2D eigenvalue weighted by Gasteiger charge is -2.15. The van der Waals surface area contributed by atoms with Gasteiger partial charge in [-0.2, -0.15) is 0 Å². The molecule has 0 unspecified atom stereocenters. The molecule has 0 amide bonds. The van der Waals surface area contributed by atoms with Crippen LogP contribution in [0, 0.1) is 5.41 Å². The Kier molecular flexibility index (Phi) is 3.87. The third-order valence-corrected chi connectivity index (χ3v) is 2.03. The van der Waals surface area contributed by atoms with Gasteiger partial charge in [0.1, 0.15) is 0 Å². The average Bonchev–Trinajstić information content (AvgIpc) is 2.13. The summed E-state index contributed by atoms with van der Waals surface area (Å²) >= 11 is 0. The molecule has 1 aromatic rings. The van der Waals surface area contributed by atoms with E-state index in [1.807, 2.05) is 24.4 Å². The van der Waals surface area contributed by atoms with Crippen LogP contribution in [-0.2, 0) is 0 Å². The first-order chi connectivity index (χ1) is 6.58. The second-order valence-electron chi connectivity index (χ2n) is 4.76. The lowest BCUT2D eigenvalue weighted by molar-refractivity contribution is 0.385. The summed E-state index contributed by atoms with van der Waals surface area (Å²) in [5, 5.41) is 0. The molecular formula is C13H19N. The fraction of sp³-hybridized carbons (Fsp3) is 0.462. The van der Waals surface area contributed by atoms with Crippen LogP contribution < -0.4 is 0 Å². The van der Waals surface area contributed by atoms with E-state index in [1.54, 1.807) is 0 Å². The molecule has 1 nitrogen and oxygen atoms in total. The average molecular weight is 189 g/mol. The second-order valence-corrected chi connectivity index (χ2v) is 4.76. The number of nitrogens with zero attached hydrogens (tertiary/aromatic N) is 1. The van der Waals surface area contributed by atoms with Crippen molar-refractivity contribution in [3.05, 3.63) is 35.9 Å². The standard InChI is InChI=1S/C13H19N/c1-13(2,3)9-10-14-11-12-7-5-4-6-8-12/h4-8,11H,9-10H2,1-3H3. The first-order valence-electron chi connectivity index (χ1n) is 5.13. The van der Waals surface area contributed by atoms with E-state index in [9.17, 15) is 0 Å². The number of rotatable bonds is 3.